The number of hydrogen-bond acceptors (Lipinski definition) is 6. The molecule has 3 heterocycles. The van der Waals surface area contributed by atoms with Crippen molar-refractivity contribution in [1.82, 2.24) is 0 Å². The van der Waals surface area contributed by atoms with Crippen LogP contribution in [0.3, 0.4) is 0 Å². The fraction of sp³-hybridized carbons (Fsp3) is 0.586. The highest BCUT2D eigenvalue weighted by atomic mass is 79.9. The van der Waals surface area contributed by atoms with Gasteiger partial charge in [0.2, 0.25) is 0 Å². The standard InChI is InChI=1S/C26H37BO2.C20H25Br.C12H24B2O4/c1-23(2,3)20-15-19(16-21(17-20)24(4,5)6)18-11-13-22(14-12-18)27-28-25(7,8)26(9,10)29-27;1-19(2,3)16-11-15(12-17(13-16)20(4,5)6)14-7-9-18(21)10-8-14;1-9(2)10(3,4)16-13(15-9)14-17-11(5,6)12(7,8)18-14/h11-17H,1-10H3;7-13H,1-6H3;1-8H3. The van der Waals surface area contributed by atoms with Crippen LogP contribution in [0.5, 0.6) is 0 Å². The Morgan fingerprint density at radius 2 is 0.559 bits per heavy atom. The Bertz CT molecular complexity index is 2230. The second-order valence-corrected chi connectivity index (χ2v) is 27.5. The van der Waals surface area contributed by atoms with Gasteiger partial charge >= 0.3 is 21.1 Å². The molecule has 3 fully saturated rings. The maximum Gasteiger partial charge on any atom is 0.494 e. The SMILES string of the molecule is CC(C)(C)c1cc(-c2ccc(B3OC(C)(C)C(C)(C)O3)cc2)cc(C(C)(C)C)c1.CC(C)(C)c1cc(-c2ccc(Br)cc2)cc(C(C)(C)C)c1.CC1(C)OB(B2OC(C)(C)C(C)(C)O2)OC1(C)C. The first-order chi connectivity index (χ1) is 30.6. The summed E-state index contributed by atoms with van der Waals surface area (Å²) < 4.78 is 37.4. The van der Waals surface area contributed by atoms with Crippen molar-refractivity contribution in [3.63, 3.8) is 0 Å². The molecule has 0 radical (unpaired) electrons. The Hall–Kier alpha value is -2.69. The third kappa shape index (κ3) is 12.9. The quantitative estimate of drug-likeness (QED) is 0.190. The topological polar surface area (TPSA) is 55.4 Å². The summed E-state index contributed by atoms with van der Waals surface area (Å²) in [6.07, 6.45) is 0. The third-order valence-corrected chi connectivity index (χ3v) is 15.6. The highest BCUT2D eigenvalue weighted by molar-refractivity contribution is 9.10. The van der Waals surface area contributed by atoms with Crippen molar-refractivity contribution in [2.24, 2.45) is 0 Å². The lowest BCUT2D eigenvalue weighted by atomic mass is 9.49. The summed E-state index contributed by atoms with van der Waals surface area (Å²) in [5, 5.41) is 0. The van der Waals surface area contributed by atoms with Crippen molar-refractivity contribution in [1.29, 1.82) is 0 Å². The van der Waals surface area contributed by atoms with E-state index >= 15 is 0 Å². The van der Waals surface area contributed by atoms with E-state index < -0.39 is 14.0 Å². The molecule has 3 saturated heterocycles. The van der Waals surface area contributed by atoms with Gasteiger partial charge in [-0.25, -0.2) is 0 Å². The molecule has 0 aromatic heterocycles. The molecular weight excluding hydrogens is 905 g/mol. The highest BCUT2D eigenvalue weighted by Gasteiger charge is 2.63. The first kappa shape index (κ1) is 56.2. The van der Waals surface area contributed by atoms with Gasteiger partial charge in [0.05, 0.1) is 33.6 Å². The Morgan fingerprint density at radius 1 is 0.324 bits per heavy atom. The van der Waals surface area contributed by atoms with Crippen LogP contribution in [0.2, 0.25) is 0 Å². The maximum atomic E-state index is 6.20. The zero-order chi connectivity index (χ0) is 51.6. The molecule has 0 amide bonds. The van der Waals surface area contributed by atoms with Crippen molar-refractivity contribution >= 4 is 42.5 Å². The van der Waals surface area contributed by atoms with Crippen molar-refractivity contribution in [2.75, 3.05) is 0 Å². The fourth-order valence-corrected chi connectivity index (χ4v) is 8.04. The van der Waals surface area contributed by atoms with Crippen LogP contribution >= 0.6 is 15.9 Å². The molecule has 3 aliphatic heterocycles. The Morgan fingerprint density at radius 3 is 0.809 bits per heavy atom. The minimum atomic E-state index is -0.476. The lowest BCUT2D eigenvalue weighted by Crippen LogP contribution is -2.41. The molecule has 0 unspecified atom stereocenters. The first-order valence-electron chi connectivity index (χ1n) is 24.8. The number of hydrogen-bond donors (Lipinski definition) is 0. The number of benzene rings is 4. The van der Waals surface area contributed by atoms with Crippen LogP contribution in [0.25, 0.3) is 22.3 Å². The molecule has 0 spiro atoms. The molecule has 0 aliphatic carbocycles. The monoisotopic (exact) mass is 991 g/mol. The Labute approximate surface area is 423 Å². The normalized spacial score (nSPS) is 20.4. The van der Waals surface area contributed by atoms with E-state index in [0.717, 1.165) is 9.94 Å². The zero-order valence-electron chi connectivity index (χ0n) is 46.6. The predicted molar refractivity (Wildman–Crippen MR) is 294 cm³/mol. The zero-order valence-corrected chi connectivity index (χ0v) is 48.2. The van der Waals surface area contributed by atoms with Gasteiger partial charge in [0.25, 0.3) is 0 Å². The van der Waals surface area contributed by atoms with Gasteiger partial charge in [0.1, 0.15) is 0 Å². The highest BCUT2D eigenvalue weighted by Crippen LogP contribution is 2.44. The smallest absolute Gasteiger partial charge is 0.405 e. The molecule has 6 nitrogen and oxygen atoms in total. The summed E-state index contributed by atoms with van der Waals surface area (Å²) in [5.41, 5.74) is 10.1. The van der Waals surface area contributed by atoms with E-state index in [1.807, 2.05) is 55.4 Å². The molecule has 4 aromatic rings. The van der Waals surface area contributed by atoms with Gasteiger partial charge in [-0.15, -0.1) is 0 Å². The van der Waals surface area contributed by atoms with Crippen LogP contribution in [0.4, 0.5) is 0 Å². The molecule has 0 atom stereocenters. The van der Waals surface area contributed by atoms with E-state index in [4.69, 9.17) is 27.9 Å². The van der Waals surface area contributed by atoms with Crippen LogP contribution < -0.4 is 5.46 Å². The fourth-order valence-electron chi connectivity index (χ4n) is 7.77. The third-order valence-electron chi connectivity index (χ3n) is 15.0. The van der Waals surface area contributed by atoms with Gasteiger partial charge in [0.15, 0.2) is 0 Å². The molecule has 3 aliphatic rings. The number of rotatable bonds is 4. The Kier molecular flexibility index (Phi) is 15.8. The maximum absolute atomic E-state index is 6.20. The molecule has 0 saturated carbocycles. The van der Waals surface area contributed by atoms with Crippen LogP contribution in [-0.2, 0) is 49.6 Å². The van der Waals surface area contributed by atoms with Crippen molar-refractivity contribution in [2.45, 2.75) is 221 Å². The molecule has 370 valence electrons. The molecular formula is C58H86B3BrO6. The van der Waals surface area contributed by atoms with Crippen LogP contribution in [0.1, 0.15) is 188 Å². The lowest BCUT2D eigenvalue weighted by Gasteiger charge is -2.32. The average molecular weight is 992 g/mol. The second-order valence-electron chi connectivity index (χ2n) is 26.6. The van der Waals surface area contributed by atoms with Crippen molar-refractivity contribution in [3.8, 4) is 22.3 Å². The summed E-state index contributed by atoms with van der Waals surface area (Å²) in [7, 11) is -1.27. The molecule has 10 heteroatoms. The average Bonchev–Trinajstić information content (AvgIpc) is 3.66. The van der Waals surface area contributed by atoms with Gasteiger partial charge in [-0.2, -0.15) is 0 Å². The first-order valence-corrected chi connectivity index (χ1v) is 25.6. The minimum Gasteiger partial charge on any atom is -0.405 e. The summed E-state index contributed by atoms with van der Waals surface area (Å²) in [6.45, 7) is 51.9. The molecule has 0 bridgehead atoms. The number of halogens is 1. The van der Waals surface area contributed by atoms with E-state index in [1.54, 1.807) is 0 Å². The van der Waals surface area contributed by atoms with Crippen LogP contribution in [0, 0.1) is 0 Å². The molecule has 68 heavy (non-hydrogen) atoms. The van der Waals surface area contributed by atoms with Gasteiger partial charge in [-0.3, -0.25) is 0 Å². The second kappa shape index (κ2) is 19.1. The Balaban J connectivity index is 0.000000197. The van der Waals surface area contributed by atoms with Crippen molar-refractivity contribution in [3.05, 3.63) is 112 Å². The molecule has 7 rings (SSSR count). The summed E-state index contributed by atoms with van der Waals surface area (Å²) in [6, 6.07) is 31.3. The minimum absolute atomic E-state index is 0.110. The van der Waals surface area contributed by atoms with E-state index in [2.05, 4.69) is 212 Å². The van der Waals surface area contributed by atoms with Gasteiger partial charge in [0, 0.05) is 4.47 Å². The lowest BCUT2D eigenvalue weighted by molar-refractivity contribution is 0.00578. The van der Waals surface area contributed by atoms with E-state index in [1.165, 1.54) is 44.5 Å². The predicted octanol–water partition coefficient (Wildman–Crippen LogP) is 15.2. The summed E-state index contributed by atoms with van der Waals surface area (Å²) >= 11 is 3.51. The van der Waals surface area contributed by atoms with E-state index in [9.17, 15) is 0 Å². The van der Waals surface area contributed by atoms with Gasteiger partial charge in [-0.05, 0) is 167 Å². The summed E-state index contributed by atoms with van der Waals surface area (Å²) in [4.78, 5) is 0. The largest absolute Gasteiger partial charge is 0.494 e. The van der Waals surface area contributed by atoms with Crippen LogP contribution in [0.15, 0.2) is 89.4 Å². The van der Waals surface area contributed by atoms with E-state index in [-0.39, 0.29) is 62.4 Å². The molecule has 0 N–H and O–H groups in total. The van der Waals surface area contributed by atoms with E-state index in [0.29, 0.717) is 0 Å². The molecule has 4 aromatic carbocycles. The summed E-state index contributed by atoms with van der Waals surface area (Å²) in [5.74, 6) is 0. The van der Waals surface area contributed by atoms with Crippen molar-refractivity contribution < 1.29 is 27.9 Å². The van der Waals surface area contributed by atoms with Crippen LogP contribution in [-0.4, -0.2) is 54.7 Å². The van der Waals surface area contributed by atoms with Gasteiger partial charge < -0.3 is 27.9 Å². The van der Waals surface area contributed by atoms with Gasteiger partial charge in [-0.1, -0.05) is 172 Å².